The van der Waals surface area contributed by atoms with Gasteiger partial charge >= 0.3 is 5.97 Å². The number of nitrogens with one attached hydrogen (secondary N) is 1. The van der Waals surface area contributed by atoms with E-state index in [1.165, 1.54) is 12.1 Å². The first-order chi connectivity index (χ1) is 10.1. The lowest BCUT2D eigenvalue weighted by molar-refractivity contribution is 0.0527. The van der Waals surface area contributed by atoms with Gasteiger partial charge in [0.15, 0.2) is 0 Å². The van der Waals surface area contributed by atoms with Crippen molar-refractivity contribution >= 4 is 17.3 Å². The van der Waals surface area contributed by atoms with E-state index >= 15 is 0 Å². The summed E-state index contributed by atoms with van der Waals surface area (Å²) in [6.07, 6.45) is 0. The van der Waals surface area contributed by atoms with Crippen LogP contribution in [-0.4, -0.2) is 12.6 Å². The number of esters is 1. The van der Waals surface area contributed by atoms with Gasteiger partial charge in [-0.1, -0.05) is 12.1 Å². The largest absolute Gasteiger partial charge is 0.462 e. The van der Waals surface area contributed by atoms with Crippen molar-refractivity contribution in [1.82, 2.24) is 0 Å². The van der Waals surface area contributed by atoms with Gasteiger partial charge in [-0.3, -0.25) is 0 Å². The molecule has 0 unspecified atom stereocenters. The van der Waals surface area contributed by atoms with Crippen molar-refractivity contribution in [3.63, 3.8) is 0 Å². The Labute approximate surface area is 122 Å². The molecule has 0 saturated heterocycles. The number of hydrogen-bond donors (Lipinski definition) is 2. The molecule has 21 heavy (non-hydrogen) atoms. The molecule has 0 aliphatic carbocycles. The van der Waals surface area contributed by atoms with E-state index in [1.54, 1.807) is 37.3 Å². The zero-order valence-corrected chi connectivity index (χ0v) is 11.7. The Morgan fingerprint density at radius 3 is 2.57 bits per heavy atom. The zero-order valence-electron chi connectivity index (χ0n) is 11.7. The predicted molar refractivity (Wildman–Crippen MR) is 80.5 cm³/mol. The molecule has 0 amide bonds. The lowest BCUT2D eigenvalue weighted by Gasteiger charge is -2.10. The fourth-order valence-electron chi connectivity index (χ4n) is 1.87. The van der Waals surface area contributed by atoms with Crippen molar-refractivity contribution in [3.05, 3.63) is 59.4 Å². The third-order valence-electron chi connectivity index (χ3n) is 2.96. The highest BCUT2D eigenvalue weighted by atomic mass is 19.1. The molecule has 0 spiro atoms. The highest BCUT2D eigenvalue weighted by Gasteiger charge is 2.10. The molecule has 110 valence electrons. The molecule has 2 rings (SSSR count). The van der Waals surface area contributed by atoms with Crippen molar-refractivity contribution in [2.75, 3.05) is 17.7 Å². The van der Waals surface area contributed by atoms with E-state index < -0.39 is 5.97 Å². The van der Waals surface area contributed by atoms with Crippen molar-refractivity contribution < 1.29 is 13.9 Å². The first-order valence-electron chi connectivity index (χ1n) is 6.65. The van der Waals surface area contributed by atoms with Gasteiger partial charge in [-0.15, -0.1) is 0 Å². The highest BCUT2D eigenvalue weighted by molar-refractivity contribution is 5.95. The zero-order chi connectivity index (χ0) is 15.2. The highest BCUT2D eigenvalue weighted by Crippen LogP contribution is 2.19. The standard InChI is InChI=1S/C16H17FN2O2/c1-2-21-16(20)14-8-7-13(9-15(14)18)19-10-11-3-5-12(17)6-4-11/h3-9,19H,2,10,18H2,1H3. The second-order valence-electron chi connectivity index (χ2n) is 4.50. The van der Waals surface area contributed by atoms with Gasteiger partial charge in [0, 0.05) is 17.9 Å². The summed E-state index contributed by atoms with van der Waals surface area (Å²) in [5.74, 6) is -0.693. The third kappa shape index (κ3) is 3.95. The van der Waals surface area contributed by atoms with Crippen LogP contribution in [0.2, 0.25) is 0 Å². The Hall–Kier alpha value is -2.56. The molecule has 0 aliphatic rings. The van der Waals surface area contributed by atoms with Crippen LogP contribution in [0.4, 0.5) is 15.8 Å². The van der Waals surface area contributed by atoms with Crippen LogP contribution < -0.4 is 11.1 Å². The van der Waals surface area contributed by atoms with Gasteiger partial charge in [0.05, 0.1) is 12.2 Å². The van der Waals surface area contributed by atoms with Crippen molar-refractivity contribution in [2.45, 2.75) is 13.5 Å². The molecular weight excluding hydrogens is 271 g/mol. The normalized spacial score (nSPS) is 10.2. The lowest BCUT2D eigenvalue weighted by Crippen LogP contribution is -2.08. The van der Waals surface area contributed by atoms with E-state index in [2.05, 4.69) is 5.32 Å². The van der Waals surface area contributed by atoms with Crippen LogP contribution in [0.15, 0.2) is 42.5 Å². The summed E-state index contributed by atoms with van der Waals surface area (Å²) in [6, 6.07) is 11.3. The molecule has 3 N–H and O–H groups in total. The fraction of sp³-hybridized carbons (Fsp3) is 0.188. The van der Waals surface area contributed by atoms with E-state index in [-0.39, 0.29) is 5.82 Å². The molecule has 0 atom stereocenters. The number of nitrogen functional groups attached to an aromatic ring is 1. The Bertz CT molecular complexity index is 627. The Morgan fingerprint density at radius 2 is 1.95 bits per heavy atom. The van der Waals surface area contributed by atoms with Gasteiger partial charge in [-0.05, 0) is 42.8 Å². The predicted octanol–water partition coefficient (Wildman–Crippen LogP) is 3.20. The average molecular weight is 288 g/mol. The second-order valence-corrected chi connectivity index (χ2v) is 4.50. The van der Waals surface area contributed by atoms with Gasteiger partial charge in [-0.2, -0.15) is 0 Å². The number of nitrogens with two attached hydrogens (primary N) is 1. The summed E-state index contributed by atoms with van der Waals surface area (Å²) in [7, 11) is 0. The molecule has 4 nitrogen and oxygen atoms in total. The molecule has 2 aromatic carbocycles. The molecule has 2 aromatic rings. The summed E-state index contributed by atoms with van der Waals surface area (Å²) >= 11 is 0. The smallest absolute Gasteiger partial charge is 0.340 e. The minimum atomic E-state index is -0.430. The van der Waals surface area contributed by atoms with E-state index in [9.17, 15) is 9.18 Å². The number of carbonyl (C=O) groups is 1. The van der Waals surface area contributed by atoms with Crippen molar-refractivity contribution in [1.29, 1.82) is 0 Å². The van der Waals surface area contributed by atoms with E-state index in [0.717, 1.165) is 11.3 Å². The number of halogens is 1. The summed E-state index contributed by atoms with van der Waals surface area (Å²) in [5, 5.41) is 3.16. The molecule has 0 bridgehead atoms. The number of benzene rings is 2. The van der Waals surface area contributed by atoms with Crippen LogP contribution in [0.1, 0.15) is 22.8 Å². The van der Waals surface area contributed by atoms with Crippen LogP contribution in [0, 0.1) is 5.82 Å². The summed E-state index contributed by atoms with van der Waals surface area (Å²) < 4.78 is 17.7. The van der Waals surface area contributed by atoms with Gasteiger partial charge < -0.3 is 15.8 Å². The molecule has 0 aliphatic heterocycles. The number of anilines is 2. The fourth-order valence-corrected chi connectivity index (χ4v) is 1.87. The minimum absolute atomic E-state index is 0.262. The SMILES string of the molecule is CCOC(=O)c1ccc(NCc2ccc(F)cc2)cc1N. The maximum atomic E-state index is 12.8. The van der Waals surface area contributed by atoms with E-state index in [4.69, 9.17) is 10.5 Å². The third-order valence-corrected chi connectivity index (χ3v) is 2.96. The number of rotatable bonds is 5. The Balaban J connectivity index is 2.03. The Kier molecular flexibility index (Phi) is 4.77. The first-order valence-corrected chi connectivity index (χ1v) is 6.65. The van der Waals surface area contributed by atoms with Gasteiger partial charge in [-0.25, -0.2) is 9.18 Å². The van der Waals surface area contributed by atoms with E-state index in [1.807, 2.05) is 0 Å². The van der Waals surface area contributed by atoms with Crippen molar-refractivity contribution in [2.24, 2.45) is 0 Å². The first kappa shape index (κ1) is 14.8. The summed E-state index contributed by atoms with van der Waals surface area (Å²) in [5.41, 5.74) is 8.29. The maximum Gasteiger partial charge on any atom is 0.340 e. The van der Waals surface area contributed by atoms with Crippen LogP contribution in [-0.2, 0) is 11.3 Å². The second kappa shape index (κ2) is 6.74. The van der Waals surface area contributed by atoms with Crippen molar-refractivity contribution in [3.8, 4) is 0 Å². The molecule has 5 heteroatoms. The molecule has 0 aromatic heterocycles. The maximum absolute atomic E-state index is 12.8. The number of hydrogen-bond acceptors (Lipinski definition) is 4. The van der Waals surface area contributed by atoms with Gasteiger partial charge in [0.1, 0.15) is 5.82 Å². The Morgan fingerprint density at radius 1 is 1.24 bits per heavy atom. The molecule has 0 saturated carbocycles. The van der Waals surface area contributed by atoms with Gasteiger partial charge in [0.2, 0.25) is 0 Å². The van der Waals surface area contributed by atoms with Gasteiger partial charge in [0.25, 0.3) is 0 Å². The molecule has 0 fully saturated rings. The molecular formula is C16H17FN2O2. The van der Waals surface area contributed by atoms with Crippen LogP contribution in [0.3, 0.4) is 0 Å². The summed E-state index contributed by atoms with van der Waals surface area (Å²) in [4.78, 5) is 11.6. The van der Waals surface area contributed by atoms with Crippen LogP contribution >= 0.6 is 0 Å². The van der Waals surface area contributed by atoms with E-state index in [0.29, 0.717) is 24.4 Å². The molecule has 0 radical (unpaired) electrons. The molecule has 0 heterocycles. The monoisotopic (exact) mass is 288 g/mol. The number of ether oxygens (including phenoxy) is 1. The summed E-state index contributed by atoms with van der Waals surface area (Å²) in [6.45, 7) is 2.59. The number of carbonyl (C=O) groups excluding carboxylic acids is 1. The van der Waals surface area contributed by atoms with Crippen LogP contribution in [0.5, 0.6) is 0 Å². The quantitative estimate of drug-likeness (QED) is 0.655. The topological polar surface area (TPSA) is 64.3 Å². The van der Waals surface area contributed by atoms with Crippen LogP contribution in [0.25, 0.3) is 0 Å². The average Bonchev–Trinajstić information content (AvgIpc) is 2.47. The lowest BCUT2D eigenvalue weighted by atomic mass is 10.1. The minimum Gasteiger partial charge on any atom is -0.462 e.